The summed E-state index contributed by atoms with van der Waals surface area (Å²) in [7, 11) is 3.68. The molecule has 0 atom stereocenters. The number of aromatic nitrogens is 4. The number of nitrogens with one attached hydrogen (secondary N) is 1. The van der Waals surface area contributed by atoms with E-state index in [1.54, 1.807) is 10.9 Å². The van der Waals surface area contributed by atoms with Crippen molar-refractivity contribution < 1.29 is 0 Å². The number of aryl methyl sites for hydroxylation is 1. The summed E-state index contributed by atoms with van der Waals surface area (Å²) in [6.07, 6.45) is 1.70. The fourth-order valence-electron chi connectivity index (χ4n) is 1.24. The van der Waals surface area contributed by atoms with E-state index in [1.807, 2.05) is 32.3 Å². The Labute approximate surface area is 81.8 Å². The molecule has 0 aliphatic heterocycles. The zero-order valence-electron chi connectivity index (χ0n) is 8.10. The van der Waals surface area contributed by atoms with Crippen molar-refractivity contribution in [2.45, 2.75) is 0 Å². The summed E-state index contributed by atoms with van der Waals surface area (Å²) in [5.74, 6) is 0.837. The van der Waals surface area contributed by atoms with E-state index in [2.05, 4.69) is 20.6 Å². The van der Waals surface area contributed by atoms with Gasteiger partial charge in [0.25, 0.3) is 0 Å². The molecule has 2 rings (SSSR count). The molecule has 5 nitrogen and oxygen atoms in total. The van der Waals surface area contributed by atoms with Crippen molar-refractivity contribution in [1.82, 2.24) is 20.0 Å². The Hall–Kier alpha value is -1.91. The van der Waals surface area contributed by atoms with Gasteiger partial charge in [-0.05, 0) is 12.1 Å². The average Bonchev–Trinajstić information content (AvgIpc) is 2.65. The number of pyridine rings is 1. The Balaban J connectivity index is 2.47. The lowest BCUT2D eigenvalue weighted by Gasteiger charge is -2.02. The smallest absolute Gasteiger partial charge is 0.126 e. The predicted octanol–water partition coefficient (Wildman–Crippen LogP) is 0.919. The zero-order valence-corrected chi connectivity index (χ0v) is 8.10. The summed E-state index contributed by atoms with van der Waals surface area (Å²) in [4.78, 5) is 4.38. The fourth-order valence-corrected chi connectivity index (χ4v) is 1.24. The second kappa shape index (κ2) is 3.45. The van der Waals surface area contributed by atoms with Crippen molar-refractivity contribution in [2.24, 2.45) is 7.05 Å². The highest BCUT2D eigenvalue weighted by molar-refractivity contribution is 5.55. The highest BCUT2D eigenvalue weighted by Crippen LogP contribution is 2.15. The van der Waals surface area contributed by atoms with Crippen LogP contribution in [0.5, 0.6) is 0 Å². The van der Waals surface area contributed by atoms with Crippen LogP contribution < -0.4 is 5.32 Å². The van der Waals surface area contributed by atoms with E-state index in [4.69, 9.17) is 0 Å². The number of hydrogen-bond acceptors (Lipinski definition) is 4. The normalized spacial score (nSPS) is 10.1. The maximum Gasteiger partial charge on any atom is 0.126 e. The molecule has 0 aliphatic carbocycles. The van der Waals surface area contributed by atoms with Crippen LogP contribution >= 0.6 is 0 Å². The molecule has 0 aliphatic rings. The standard InChI is InChI=1S/C9H11N5/c1-10-9-5-3-4-7(12-9)8-6-11-13-14(8)2/h3-6H,1-2H3,(H,10,12). The van der Waals surface area contributed by atoms with Gasteiger partial charge in [-0.2, -0.15) is 0 Å². The van der Waals surface area contributed by atoms with Crippen molar-refractivity contribution in [3.05, 3.63) is 24.4 Å². The minimum absolute atomic E-state index is 0.837. The average molecular weight is 189 g/mol. The molecule has 2 aromatic rings. The minimum Gasteiger partial charge on any atom is -0.373 e. The fraction of sp³-hybridized carbons (Fsp3) is 0.222. The Kier molecular flexibility index (Phi) is 2.14. The summed E-state index contributed by atoms with van der Waals surface area (Å²) in [6.45, 7) is 0. The maximum absolute atomic E-state index is 4.38. The molecular formula is C9H11N5. The number of rotatable bonds is 2. The number of anilines is 1. The Morgan fingerprint density at radius 3 is 2.86 bits per heavy atom. The van der Waals surface area contributed by atoms with Crippen LogP contribution in [0, 0.1) is 0 Å². The molecule has 0 unspecified atom stereocenters. The van der Waals surface area contributed by atoms with E-state index < -0.39 is 0 Å². The van der Waals surface area contributed by atoms with Crippen LogP contribution in [-0.2, 0) is 7.05 Å². The first-order chi connectivity index (χ1) is 6.81. The topological polar surface area (TPSA) is 55.6 Å². The van der Waals surface area contributed by atoms with Gasteiger partial charge in [-0.1, -0.05) is 11.3 Å². The van der Waals surface area contributed by atoms with Gasteiger partial charge in [0, 0.05) is 14.1 Å². The Morgan fingerprint density at radius 1 is 1.36 bits per heavy atom. The molecule has 0 saturated carbocycles. The molecule has 0 spiro atoms. The van der Waals surface area contributed by atoms with E-state index in [0.29, 0.717) is 0 Å². The van der Waals surface area contributed by atoms with E-state index in [0.717, 1.165) is 17.2 Å². The lowest BCUT2D eigenvalue weighted by Crippen LogP contribution is -1.97. The summed E-state index contributed by atoms with van der Waals surface area (Å²) in [5.41, 5.74) is 1.77. The van der Waals surface area contributed by atoms with Gasteiger partial charge < -0.3 is 5.32 Å². The molecular weight excluding hydrogens is 178 g/mol. The molecule has 72 valence electrons. The summed E-state index contributed by atoms with van der Waals surface area (Å²) in [6, 6.07) is 5.79. The Morgan fingerprint density at radius 2 is 2.21 bits per heavy atom. The largest absolute Gasteiger partial charge is 0.373 e. The lowest BCUT2D eigenvalue weighted by atomic mass is 10.3. The second-order valence-corrected chi connectivity index (χ2v) is 2.90. The summed E-state index contributed by atoms with van der Waals surface area (Å²) in [5, 5.41) is 10.6. The monoisotopic (exact) mass is 189 g/mol. The summed E-state index contributed by atoms with van der Waals surface area (Å²) < 4.78 is 1.70. The van der Waals surface area contributed by atoms with Crippen LogP contribution in [0.2, 0.25) is 0 Å². The van der Waals surface area contributed by atoms with Crippen molar-refractivity contribution in [1.29, 1.82) is 0 Å². The zero-order chi connectivity index (χ0) is 9.97. The van der Waals surface area contributed by atoms with Crippen LogP contribution in [0.3, 0.4) is 0 Å². The maximum atomic E-state index is 4.38. The molecule has 0 aromatic carbocycles. The third-order valence-electron chi connectivity index (χ3n) is 1.98. The van der Waals surface area contributed by atoms with Gasteiger partial charge in [0.2, 0.25) is 0 Å². The van der Waals surface area contributed by atoms with Gasteiger partial charge in [0.15, 0.2) is 0 Å². The van der Waals surface area contributed by atoms with Gasteiger partial charge in [-0.25, -0.2) is 9.67 Å². The lowest BCUT2D eigenvalue weighted by molar-refractivity contribution is 0.719. The van der Waals surface area contributed by atoms with Crippen molar-refractivity contribution in [3.63, 3.8) is 0 Å². The van der Waals surface area contributed by atoms with Crippen LogP contribution in [0.15, 0.2) is 24.4 Å². The minimum atomic E-state index is 0.837. The first-order valence-corrected chi connectivity index (χ1v) is 4.31. The quantitative estimate of drug-likeness (QED) is 0.763. The predicted molar refractivity (Wildman–Crippen MR) is 53.8 cm³/mol. The van der Waals surface area contributed by atoms with Gasteiger partial charge in [-0.3, -0.25) is 0 Å². The molecule has 5 heteroatoms. The van der Waals surface area contributed by atoms with Crippen LogP contribution in [0.25, 0.3) is 11.4 Å². The van der Waals surface area contributed by atoms with Crippen LogP contribution in [0.1, 0.15) is 0 Å². The third-order valence-corrected chi connectivity index (χ3v) is 1.98. The van der Waals surface area contributed by atoms with Gasteiger partial charge in [-0.15, -0.1) is 5.10 Å². The van der Waals surface area contributed by atoms with E-state index >= 15 is 0 Å². The molecule has 0 fully saturated rings. The number of nitrogens with zero attached hydrogens (tertiary/aromatic N) is 4. The van der Waals surface area contributed by atoms with Crippen LogP contribution in [-0.4, -0.2) is 27.0 Å². The molecule has 0 saturated heterocycles. The van der Waals surface area contributed by atoms with E-state index in [-0.39, 0.29) is 0 Å². The first-order valence-electron chi connectivity index (χ1n) is 4.31. The van der Waals surface area contributed by atoms with E-state index in [1.165, 1.54) is 0 Å². The van der Waals surface area contributed by atoms with Gasteiger partial charge in [0.05, 0.1) is 11.9 Å². The van der Waals surface area contributed by atoms with Crippen LogP contribution in [0.4, 0.5) is 5.82 Å². The SMILES string of the molecule is CNc1cccc(-c2cnnn2C)n1. The first kappa shape index (κ1) is 8.68. The summed E-state index contributed by atoms with van der Waals surface area (Å²) >= 11 is 0. The van der Waals surface area contributed by atoms with Crippen molar-refractivity contribution in [2.75, 3.05) is 12.4 Å². The molecule has 0 radical (unpaired) electrons. The second-order valence-electron chi connectivity index (χ2n) is 2.90. The Bertz CT molecular complexity index is 434. The van der Waals surface area contributed by atoms with Crippen molar-refractivity contribution >= 4 is 5.82 Å². The highest BCUT2D eigenvalue weighted by atomic mass is 15.4. The highest BCUT2D eigenvalue weighted by Gasteiger charge is 2.04. The molecule has 0 bridgehead atoms. The molecule has 0 amide bonds. The number of hydrogen-bond donors (Lipinski definition) is 1. The molecule has 2 heterocycles. The molecule has 1 N–H and O–H groups in total. The van der Waals surface area contributed by atoms with Crippen molar-refractivity contribution in [3.8, 4) is 11.4 Å². The van der Waals surface area contributed by atoms with Gasteiger partial charge in [0.1, 0.15) is 11.5 Å². The van der Waals surface area contributed by atoms with E-state index in [9.17, 15) is 0 Å². The third kappa shape index (κ3) is 1.44. The van der Waals surface area contributed by atoms with Gasteiger partial charge >= 0.3 is 0 Å². The molecule has 2 aromatic heterocycles. The molecule has 14 heavy (non-hydrogen) atoms.